The smallest absolute Gasteiger partial charge is 0.165 e. The third-order valence-electron chi connectivity index (χ3n) is 2.89. The highest BCUT2D eigenvalue weighted by molar-refractivity contribution is 5.34. The summed E-state index contributed by atoms with van der Waals surface area (Å²) in [5.41, 5.74) is 1.87. The summed E-state index contributed by atoms with van der Waals surface area (Å²) in [5, 5.41) is 9.65. The van der Waals surface area contributed by atoms with Crippen LogP contribution in [-0.2, 0) is 12.8 Å². The van der Waals surface area contributed by atoms with Crippen LogP contribution in [0.25, 0.3) is 0 Å². The zero-order chi connectivity index (χ0) is 13.0. The molecule has 0 aromatic heterocycles. The van der Waals surface area contributed by atoms with Crippen LogP contribution in [0.4, 0.5) is 4.39 Å². The monoisotopic (exact) mass is 246 g/mol. The zero-order valence-corrected chi connectivity index (χ0v) is 10.2. The molecule has 1 N–H and O–H groups in total. The van der Waals surface area contributed by atoms with Gasteiger partial charge in [0.15, 0.2) is 11.6 Å². The van der Waals surface area contributed by atoms with Gasteiger partial charge in [0.25, 0.3) is 0 Å². The summed E-state index contributed by atoms with van der Waals surface area (Å²) in [6.07, 6.45) is 1.44. The van der Waals surface area contributed by atoms with E-state index in [0.29, 0.717) is 12.2 Å². The first kappa shape index (κ1) is 12.4. The lowest BCUT2D eigenvalue weighted by atomic mass is 10.0. The van der Waals surface area contributed by atoms with Gasteiger partial charge in [-0.3, -0.25) is 0 Å². The minimum Gasteiger partial charge on any atom is -0.508 e. The average molecular weight is 246 g/mol. The summed E-state index contributed by atoms with van der Waals surface area (Å²) in [6, 6.07) is 12.1. The van der Waals surface area contributed by atoms with Gasteiger partial charge in [0.2, 0.25) is 0 Å². The Morgan fingerprint density at radius 3 is 2.61 bits per heavy atom. The molecule has 94 valence electrons. The largest absolute Gasteiger partial charge is 0.508 e. The topological polar surface area (TPSA) is 29.5 Å². The molecule has 2 aromatic rings. The SMILES string of the molecule is COc1cc(CCc2ccccc2O)ccc1F. The Morgan fingerprint density at radius 2 is 1.89 bits per heavy atom. The van der Waals surface area contributed by atoms with E-state index in [1.807, 2.05) is 12.1 Å². The minimum atomic E-state index is -0.358. The molecule has 3 heteroatoms. The van der Waals surface area contributed by atoms with Crippen LogP contribution < -0.4 is 4.74 Å². The Bertz CT molecular complexity index is 538. The van der Waals surface area contributed by atoms with E-state index < -0.39 is 0 Å². The number of hydrogen-bond acceptors (Lipinski definition) is 2. The number of rotatable bonds is 4. The third kappa shape index (κ3) is 2.80. The summed E-state index contributed by atoms with van der Waals surface area (Å²) in [6.45, 7) is 0. The number of halogens is 1. The normalized spacial score (nSPS) is 10.3. The number of methoxy groups -OCH3 is 1. The van der Waals surface area contributed by atoms with Gasteiger partial charge in [-0.05, 0) is 42.2 Å². The molecule has 0 spiro atoms. The van der Waals surface area contributed by atoms with Gasteiger partial charge >= 0.3 is 0 Å². The fourth-order valence-corrected chi connectivity index (χ4v) is 1.86. The maximum Gasteiger partial charge on any atom is 0.165 e. The van der Waals surface area contributed by atoms with E-state index in [1.54, 1.807) is 24.3 Å². The Balaban J connectivity index is 2.09. The van der Waals surface area contributed by atoms with Gasteiger partial charge in [-0.2, -0.15) is 0 Å². The number of aromatic hydroxyl groups is 1. The fourth-order valence-electron chi connectivity index (χ4n) is 1.86. The lowest BCUT2D eigenvalue weighted by Crippen LogP contribution is -1.94. The Morgan fingerprint density at radius 1 is 1.11 bits per heavy atom. The van der Waals surface area contributed by atoms with Crippen LogP contribution in [-0.4, -0.2) is 12.2 Å². The summed E-state index contributed by atoms with van der Waals surface area (Å²) in [7, 11) is 1.45. The van der Waals surface area contributed by atoms with Crippen molar-refractivity contribution in [2.75, 3.05) is 7.11 Å². The van der Waals surface area contributed by atoms with Crippen molar-refractivity contribution in [3.05, 3.63) is 59.4 Å². The number of para-hydroxylation sites is 1. The third-order valence-corrected chi connectivity index (χ3v) is 2.89. The molecular weight excluding hydrogens is 231 g/mol. The highest BCUT2D eigenvalue weighted by Gasteiger charge is 2.05. The van der Waals surface area contributed by atoms with Gasteiger partial charge in [0, 0.05) is 0 Å². The summed E-state index contributed by atoms with van der Waals surface area (Å²) in [4.78, 5) is 0. The number of aryl methyl sites for hydroxylation is 2. The van der Waals surface area contributed by atoms with Gasteiger partial charge in [-0.15, -0.1) is 0 Å². The van der Waals surface area contributed by atoms with Crippen molar-refractivity contribution in [2.45, 2.75) is 12.8 Å². The Hall–Kier alpha value is -2.03. The van der Waals surface area contributed by atoms with Crippen molar-refractivity contribution < 1.29 is 14.2 Å². The standard InChI is InChI=1S/C15H15FO2/c1-18-15-10-11(7-9-13(15)16)6-8-12-4-2-3-5-14(12)17/h2-5,7,9-10,17H,6,8H2,1H3. The predicted octanol–water partition coefficient (Wildman–Crippen LogP) is 3.33. The van der Waals surface area contributed by atoms with E-state index in [9.17, 15) is 9.50 Å². The zero-order valence-electron chi connectivity index (χ0n) is 10.2. The molecule has 0 radical (unpaired) electrons. The van der Waals surface area contributed by atoms with Crippen molar-refractivity contribution >= 4 is 0 Å². The van der Waals surface area contributed by atoms with Gasteiger partial charge in [0.05, 0.1) is 7.11 Å². The van der Waals surface area contributed by atoms with Crippen LogP contribution in [0.2, 0.25) is 0 Å². The second-order valence-electron chi connectivity index (χ2n) is 4.10. The molecule has 0 unspecified atom stereocenters. The van der Waals surface area contributed by atoms with Crippen LogP contribution >= 0.6 is 0 Å². The molecule has 0 fully saturated rings. The number of phenolic OH excluding ortho intramolecular Hbond substituents is 1. The van der Waals surface area contributed by atoms with Crippen LogP contribution in [0.3, 0.4) is 0 Å². The quantitative estimate of drug-likeness (QED) is 0.896. The lowest BCUT2D eigenvalue weighted by Gasteiger charge is -2.07. The molecule has 0 aliphatic rings. The van der Waals surface area contributed by atoms with Crippen molar-refractivity contribution in [3.63, 3.8) is 0 Å². The number of hydrogen-bond donors (Lipinski definition) is 1. The van der Waals surface area contributed by atoms with Crippen LogP contribution in [0.5, 0.6) is 11.5 Å². The molecule has 0 aliphatic heterocycles. The molecule has 18 heavy (non-hydrogen) atoms. The maximum atomic E-state index is 13.2. The number of ether oxygens (including phenoxy) is 1. The lowest BCUT2D eigenvalue weighted by molar-refractivity contribution is 0.386. The second kappa shape index (κ2) is 5.54. The molecule has 2 aromatic carbocycles. The highest BCUT2D eigenvalue weighted by atomic mass is 19.1. The first-order chi connectivity index (χ1) is 8.70. The summed E-state index contributed by atoms with van der Waals surface area (Å²) < 4.78 is 18.2. The summed E-state index contributed by atoms with van der Waals surface area (Å²) in [5.74, 6) is 0.195. The van der Waals surface area contributed by atoms with Gasteiger partial charge in [-0.25, -0.2) is 4.39 Å². The fraction of sp³-hybridized carbons (Fsp3) is 0.200. The molecule has 0 saturated heterocycles. The molecule has 0 heterocycles. The van der Waals surface area contributed by atoms with Crippen molar-refractivity contribution in [1.82, 2.24) is 0 Å². The van der Waals surface area contributed by atoms with E-state index in [1.165, 1.54) is 13.2 Å². The van der Waals surface area contributed by atoms with E-state index in [2.05, 4.69) is 0 Å². The first-order valence-corrected chi connectivity index (χ1v) is 5.80. The molecule has 0 bridgehead atoms. The van der Waals surface area contributed by atoms with E-state index in [-0.39, 0.29) is 11.6 Å². The maximum absolute atomic E-state index is 13.2. The number of phenols is 1. The van der Waals surface area contributed by atoms with Crippen LogP contribution in [0.1, 0.15) is 11.1 Å². The van der Waals surface area contributed by atoms with Gasteiger partial charge in [0.1, 0.15) is 5.75 Å². The second-order valence-corrected chi connectivity index (χ2v) is 4.10. The Labute approximate surface area is 106 Å². The molecule has 0 amide bonds. The number of benzene rings is 2. The highest BCUT2D eigenvalue weighted by Crippen LogP contribution is 2.21. The molecule has 2 nitrogen and oxygen atoms in total. The minimum absolute atomic E-state index is 0.254. The van der Waals surface area contributed by atoms with E-state index >= 15 is 0 Å². The molecule has 0 saturated carbocycles. The van der Waals surface area contributed by atoms with Crippen LogP contribution in [0, 0.1) is 5.82 Å². The summed E-state index contributed by atoms with van der Waals surface area (Å²) >= 11 is 0. The Kier molecular flexibility index (Phi) is 3.82. The van der Waals surface area contributed by atoms with Gasteiger partial charge < -0.3 is 9.84 Å². The van der Waals surface area contributed by atoms with Crippen LogP contribution in [0.15, 0.2) is 42.5 Å². The van der Waals surface area contributed by atoms with E-state index in [4.69, 9.17) is 4.74 Å². The van der Waals surface area contributed by atoms with Gasteiger partial charge in [-0.1, -0.05) is 24.3 Å². The van der Waals surface area contributed by atoms with Crippen molar-refractivity contribution in [2.24, 2.45) is 0 Å². The molecule has 2 rings (SSSR count). The van der Waals surface area contributed by atoms with Crippen molar-refractivity contribution in [1.29, 1.82) is 0 Å². The molecule has 0 aliphatic carbocycles. The first-order valence-electron chi connectivity index (χ1n) is 5.80. The average Bonchev–Trinajstić information content (AvgIpc) is 2.39. The molecular formula is C15H15FO2. The predicted molar refractivity (Wildman–Crippen MR) is 68.5 cm³/mol. The molecule has 0 atom stereocenters. The van der Waals surface area contributed by atoms with E-state index in [0.717, 1.165) is 17.5 Å². The van der Waals surface area contributed by atoms with Crippen molar-refractivity contribution in [3.8, 4) is 11.5 Å².